The lowest BCUT2D eigenvalue weighted by Crippen LogP contribution is -2.29. The van der Waals surface area contributed by atoms with Crippen LogP contribution >= 0.6 is 11.6 Å². The first-order valence-electron chi connectivity index (χ1n) is 9.35. The summed E-state index contributed by atoms with van der Waals surface area (Å²) in [6, 6.07) is 11.5. The zero-order valence-electron chi connectivity index (χ0n) is 17.3. The van der Waals surface area contributed by atoms with Gasteiger partial charge in [0.15, 0.2) is 0 Å². The van der Waals surface area contributed by atoms with Crippen LogP contribution in [0.4, 0.5) is 23.2 Å². The number of nitrogens with one attached hydrogen (secondary N) is 1. The molecular formula is C22H19ClF4N2O2S. The molecule has 0 atom stereocenters. The van der Waals surface area contributed by atoms with Crippen molar-refractivity contribution in [3.63, 3.8) is 0 Å². The maximum absolute atomic E-state index is 15.4. The van der Waals surface area contributed by atoms with E-state index in [1.807, 2.05) is 20.8 Å². The Morgan fingerprint density at radius 2 is 1.59 bits per heavy atom. The van der Waals surface area contributed by atoms with Gasteiger partial charge in [0, 0.05) is 34.0 Å². The lowest BCUT2D eigenvalue weighted by molar-refractivity contribution is -0.0429. The van der Waals surface area contributed by atoms with Gasteiger partial charge in [-0.05, 0) is 29.8 Å². The lowest BCUT2D eigenvalue weighted by Gasteiger charge is -2.19. The van der Waals surface area contributed by atoms with Crippen molar-refractivity contribution in [2.75, 3.05) is 4.72 Å². The molecule has 0 aliphatic carbocycles. The van der Waals surface area contributed by atoms with Gasteiger partial charge in [-0.2, -0.15) is 21.6 Å². The van der Waals surface area contributed by atoms with Gasteiger partial charge in [0.05, 0.1) is 10.7 Å². The summed E-state index contributed by atoms with van der Waals surface area (Å²) < 4.78 is 77.2. The molecule has 0 bridgehead atoms. The minimum absolute atomic E-state index is 0.117. The van der Waals surface area contributed by atoms with E-state index in [1.54, 1.807) is 30.5 Å². The highest BCUT2D eigenvalue weighted by Gasteiger charge is 2.46. The Balaban J connectivity index is 2.02. The van der Waals surface area contributed by atoms with Crippen LogP contribution in [0.5, 0.6) is 0 Å². The Labute approximate surface area is 188 Å². The predicted octanol–water partition coefficient (Wildman–Crippen LogP) is 6.77. The molecule has 0 spiro atoms. The smallest absolute Gasteiger partial charge is 0.276 e. The van der Waals surface area contributed by atoms with Crippen molar-refractivity contribution < 1.29 is 26.0 Å². The summed E-state index contributed by atoms with van der Waals surface area (Å²) in [6.45, 7) is 5.96. The number of benzene rings is 2. The number of hydrogen-bond donors (Lipinski definition) is 1. The molecule has 1 heterocycles. The third-order valence-corrected chi connectivity index (χ3v) is 6.08. The fourth-order valence-electron chi connectivity index (χ4n) is 2.98. The summed E-state index contributed by atoms with van der Waals surface area (Å²) >= 11 is 6.17. The minimum Gasteiger partial charge on any atom is -0.276 e. The van der Waals surface area contributed by atoms with Gasteiger partial charge >= 0.3 is 15.5 Å². The molecule has 0 unspecified atom stereocenters. The maximum Gasteiger partial charge on any atom is 0.516 e. The molecule has 3 rings (SSSR count). The van der Waals surface area contributed by atoms with Crippen LogP contribution in [0.15, 0.2) is 54.7 Å². The standard InChI is InChI=1S/C22H19ClF4N2O2S/c1-21(2,3)19-11-13(9-10-28-19)15-5-4-6-17(20(15)24)16-8-7-14(12-18(16)23)29-32(30,31)22(25,26)27/h4-12,29H,1-3H3. The number of sulfonamides is 1. The first kappa shape index (κ1) is 24.0. The highest BCUT2D eigenvalue weighted by molar-refractivity contribution is 7.93. The molecule has 0 fully saturated rings. The number of anilines is 1. The Kier molecular flexibility index (Phi) is 6.27. The molecule has 2 aromatic carbocycles. The van der Waals surface area contributed by atoms with E-state index in [1.165, 1.54) is 16.9 Å². The topological polar surface area (TPSA) is 59.1 Å². The van der Waals surface area contributed by atoms with E-state index in [0.29, 0.717) is 11.1 Å². The maximum atomic E-state index is 15.4. The SMILES string of the molecule is CC(C)(C)c1cc(-c2cccc(-c3ccc(NS(=O)(=O)C(F)(F)F)cc3Cl)c2F)ccn1. The van der Waals surface area contributed by atoms with Gasteiger partial charge in [0.1, 0.15) is 5.82 Å². The van der Waals surface area contributed by atoms with Crippen molar-refractivity contribution in [1.29, 1.82) is 0 Å². The van der Waals surface area contributed by atoms with E-state index in [2.05, 4.69) is 4.98 Å². The number of aromatic nitrogens is 1. The summed E-state index contributed by atoms with van der Waals surface area (Å²) in [5.41, 5.74) is -4.11. The Hall–Kier alpha value is -2.65. The molecule has 10 heteroatoms. The molecule has 0 saturated carbocycles. The van der Waals surface area contributed by atoms with Crippen molar-refractivity contribution in [2.24, 2.45) is 0 Å². The third kappa shape index (κ3) is 4.88. The van der Waals surface area contributed by atoms with Crippen molar-refractivity contribution in [3.05, 3.63) is 71.3 Å². The molecule has 0 radical (unpaired) electrons. The zero-order chi connectivity index (χ0) is 23.9. The normalized spacial score (nSPS) is 12.6. The summed E-state index contributed by atoms with van der Waals surface area (Å²) in [6.07, 6.45) is 1.59. The van der Waals surface area contributed by atoms with Gasteiger partial charge < -0.3 is 0 Å². The first-order chi connectivity index (χ1) is 14.7. The van der Waals surface area contributed by atoms with Crippen LogP contribution in [0, 0.1) is 5.82 Å². The number of pyridine rings is 1. The van der Waals surface area contributed by atoms with Crippen molar-refractivity contribution in [2.45, 2.75) is 31.7 Å². The average molecular weight is 487 g/mol. The first-order valence-corrected chi connectivity index (χ1v) is 11.2. The van der Waals surface area contributed by atoms with Gasteiger partial charge in [-0.25, -0.2) is 4.39 Å². The summed E-state index contributed by atoms with van der Waals surface area (Å²) in [4.78, 5) is 4.34. The molecule has 0 aliphatic rings. The highest BCUT2D eigenvalue weighted by atomic mass is 35.5. The monoisotopic (exact) mass is 486 g/mol. The van der Waals surface area contributed by atoms with E-state index in [9.17, 15) is 21.6 Å². The molecule has 4 nitrogen and oxygen atoms in total. The van der Waals surface area contributed by atoms with Gasteiger partial charge in [0.25, 0.3) is 0 Å². The van der Waals surface area contributed by atoms with Crippen LogP contribution in [0.3, 0.4) is 0 Å². The second-order valence-electron chi connectivity index (χ2n) is 8.09. The van der Waals surface area contributed by atoms with E-state index in [0.717, 1.165) is 17.8 Å². The predicted molar refractivity (Wildman–Crippen MR) is 117 cm³/mol. The molecule has 1 N–H and O–H groups in total. The van der Waals surface area contributed by atoms with Crippen molar-refractivity contribution in [1.82, 2.24) is 4.98 Å². The van der Waals surface area contributed by atoms with Gasteiger partial charge in [0.2, 0.25) is 0 Å². The second-order valence-corrected chi connectivity index (χ2v) is 10.2. The summed E-state index contributed by atoms with van der Waals surface area (Å²) in [5, 5.41) is -0.117. The molecule has 32 heavy (non-hydrogen) atoms. The number of alkyl halides is 3. The molecule has 0 saturated heterocycles. The fraction of sp³-hybridized carbons (Fsp3) is 0.227. The minimum atomic E-state index is -5.60. The molecule has 0 amide bonds. The quantitative estimate of drug-likeness (QED) is 0.414. The van der Waals surface area contributed by atoms with Crippen LogP contribution in [0.2, 0.25) is 5.02 Å². The number of halogens is 5. The van der Waals surface area contributed by atoms with Crippen LogP contribution in [0.1, 0.15) is 26.5 Å². The van der Waals surface area contributed by atoms with Crippen molar-refractivity contribution >= 4 is 27.3 Å². The molecule has 3 aromatic rings. The van der Waals surface area contributed by atoms with Gasteiger partial charge in [-0.1, -0.05) is 56.6 Å². The Bertz CT molecular complexity index is 1270. The average Bonchev–Trinajstić information content (AvgIpc) is 2.67. The van der Waals surface area contributed by atoms with Gasteiger partial charge in [-0.3, -0.25) is 9.71 Å². The number of hydrogen-bond acceptors (Lipinski definition) is 3. The van der Waals surface area contributed by atoms with Crippen LogP contribution in [0.25, 0.3) is 22.3 Å². The lowest BCUT2D eigenvalue weighted by atomic mass is 9.89. The van der Waals surface area contributed by atoms with Crippen LogP contribution < -0.4 is 4.72 Å². The van der Waals surface area contributed by atoms with Crippen molar-refractivity contribution in [3.8, 4) is 22.3 Å². The highest BCUT2D eigenvalue weighted by Crippen LogP contribution is 2.37. The van der Waals surface area contributed by atoms with Crippen LogP contribution in [-0.2, 0) is 15.4 Å². The van der Waals surface area contributed by atoms with Gasteiger partial charge in [-0.15, -0.1) is 0 Å². The zero-order valence-corrected chi connectivity index (χ0v) is 18.8. The number of nitrogens with zero attached hydrogens (tertiary/aromatic N) is 1. The second kappa shape index (κ2) is 8.37. The van der Waals surface area contributed by atoms with E-state index < -0.39 is 27.0 Å². The fourth-order valence-corrected chi connectivity index (χ4v) is 3.82. The largest absolute Gasteiger partial charge is 0.516 e. The van der Waals surface area contributed by atoms with E-state index in [-0.39, 0.29) is 21.6 Å². The Morgan fingerprint density at radius 3 is 2.19 bits per heavy atom. The third-order valence-electron chi connectivity index (χ3n) is 4.65. The molecular weight excluding hydrogens is 468 g/mol. The molecule has 1 aromatic heterocycles. The summed E-state index contributed by atoms with van der Waals surface area (Å²) in [7, 11) is -5.60. The van der Waals surface area contributed by atoms with E-state index >= 15 is 4.39 Å². The van der Waals surface area contributed by atoms with E-state index in [4.69, 9.17) is 11.6 Å². The Morgan fingerprint density at radius 1 is 0.938 bits per heavy atom. The summed E-state index contributed by atoms with van der Waals surface area (Å²) in [5.74, 6) is -0.580. The van der Waals surface area contributed by atoms with Crippen LogP contribution in [-0.4, -0.2) is 18.9 Å². The number of rotatable bonds is 4. The molecule has 0 aliphatic heterocycles. The molecule has 170 valence electrons.